The second-order valence-electron chi connectivity index (χ2n) is 6.84. The van der Waals surface area contributed by atoms with E-state index in [0.29, 0.717) is 4.90 Å². The molecule has 1 atom stereocenters. The molecule has 1 N–H and O–H groups in total. The van der Waals surface area contributed by atoms with Crippen molar-refractivity contribution >= 4 is 10.0 Å². The van der Waals surface area contributed by atoms with E-state index in [-0.39, 0.29) is 11.5 Å². The number of nitrogens with zero attached hydrogens (tertiary/aromatic N) is 1. The van der Waals surface area contributed by atoms with E-state index >= 15 is 0 Å². The van der Waals surface area contributed by atoms with Crippen LogP contribution in [0.3, 0.4) is 0 Å². The van der Waals surface area contributed by atoms with E-state index in [1.54, 1.807) is 6.07 Å². The van der Waals surface area contributed by atoms with Gasteiger partial charge in [-0.1, -0.05) is 31.5 Å². The minimum atomic E-state index is -3.49. The minimum Gasteiger partial charge on any atom is -0.309 e. The molecule has 1 unspecified atom stereocenters. The summed E-state index contributed by atoms with van der Waals surface area (Å²) in [5, 5.41) is 0. The van der Waals surface area contributed by atoms with Crippen LogP contribution in [0.5, 0.6) is 0 Å². The quantitative estimate of drug-likeness (QED) is 0.878. The molecule has 21 heavy (non-hydrogen) atoms. The van der Waals surface area contributed by atoms with Crippen molar-refractivity contribution in [2.75, 3.05) is 20.6 Å². The molecule has 0 spiro atoms. The molecule has 1 aromatic carbocycles. The third-order valence-electron chi connectivity index (χ3n) is 3.85. The maximum Gasteiger partial charge on any atom is 0.241 e. The van der Waals surface area contributed by atoms with E-state index in [9.17, 15) is 8.42 Å². The van der Waals surface area contributed by atoms with Gasteiger partial charge in [-0.2, -0.15) is 0 Å². The maximum absolute atomic E-state index is 12.6. The summed E-state index contributed by atoms with van der Waals surface area (Å²) in [6.45, 7) is 10.7. The second-order valence-corrected chi connectivity index (χ2v) is 8.52. The predicted molar refractivity (Wildman–Crippen MR) is 88.0 cm³/mol. The summed E-state index contributed by atoms with van der Waals surface area (Å²) >= 11 is 0. The van der Waals surface area contributed by atoms with Crippen LogP contribution in [-0.4, -0.2) is 40.0 Å². The highest BCUT2D eigenvalue weighted by Crippen LogP contribution is 2.24. The van der Waals surface area contributed by atoms with Crippen LogP contribution >= 0.6 is 0 Å². The van der Waals surface area contributed by atoms with Crippen LogP contribution in [0.15, 0.2) is 23.1 Å². The average Bonchev–Trinajstić information content (AvgIpc) is 2.25. The molecule has 0 amide bonds. The van der Waals surface area contributed by atoms with E-state index in [1.807, 2.05) is 47.0 Å². The highest BCUT2D eigenvalue weighted by molar-refractivity contribution is 7.89. The average molecular weight is 312 g/mol. The first-order valence-corrected chi connectivity index (χ1v) is 8.68. The van der Waals surface area contributed by atoms with Crippen LogP contribution in [0, 0.1) is 19.3 Å². The third-order valence-corrected chi connectivity index (χ3v) is 5.55. The monoisotopic (exact) mass is 312 g/mol. The largest absolute Gasteiger partial charge is 0.309 e. The van der Waals surface area contributed by atoms with Crippen molar-refractivity contribution in [2.45, 2.75) is 45.6 Å². The van der Waals surface area contributed by atoms with Gasteiger partial charge in [0, 0.05) is 12.6 Å². The van der Waals surface area contributed by atoms with Gasteiger partial charge >= 0.3 is 0 Å². The molecule has 4 nitrogen and oxygen atoms in total. The molecule has 0 aliphatic carbocycles. The molecule has 120 valence electrons. The fourth-order valence-electron chi connectivity index (χ4n) is 2.51. The van der Waals surface area contributed by atoms with E-state index in [4.69, 9.17) is 0 Å². The Hall–Kier alpha value is -0.910. The van der Waals surface area contributed by atoms with Gasteiger partial charge < -0.3 is 4.90 Å². The van der Waals surface area contributed by atoms with E-state index in [0.717, 1.165) is 17.7 Å². The smallest absolute Gasteiger partial charge is 0.241 e. The zero-order valence-electron chi connectivity index (χ0n) is 14.2. The van der Waals surface area contributed by atoms with Crippen molar-refractivity contribution < 1.29 is 8.42 Å². The molecule has 0 aliphatic rings. The summed E-state index contributed by atoms with van der Waals surface area (Å²) in [7, 11) is 0.492. The Balaban J connectivity index is 3.00. The molecule has 0 heterocycles. The number of hydrogen-bond acceptors (Lipinski definition) is 3. The Morgan fingerprint density at radius 3 is 2.29 bits per heavy atom. The van der Waals surface area contributed by atoms with Crippen molar-refractivity contribution in [1.29, 1.82) is 0 Å². The molecule has 0 bridgehead atoms. The van der Waals surface area contributed by atoms with E-state index < -0.39 is 10.0 Å². The zero-order chi connectivity index (χ0) is 16.4. The number of aryl methyl sites for hydroxylation is 2. The van der Waals surface area contributed by atoms with Gasteiger partial charge in [0.15, 0.2) is 0 Å². The Morgan fingerprint density at radius 1 is 1.24 bits per heavy atom. The first-order chi connectivity index (χ1) is 9.45. The molecule has 0 radical (unpaired) electrons. The lowest BCUT2D eigenvalue weighted by Crippen LogP contribution is -2.47. The molecular weight excluding hydrogens is 284 g/mol. The summed E-state index contributed by atoms with van der Waals surface area (Å²) in [6, 6.07) is 5.24. The first-order valence-electron chi connectivity index (χ1n) is 7.20. The lowest BCUT2D eigenvalue weighted by molar-refractivity contribution is 0.198. The predicted octanol–water partition coefficient (Wildman–Crippen LogP) is 2.56. The topological polar surface area (TPSA) is 49.4 Å². The number of nitrogens with one attached hydrogen (secondary N) is 1. The summed E-state index contributed by atoms with van der Waals surface area (Å²) in [5.41, 5.74) is 1.68. The SMILES string of the molecule is Cc1ccc(S(=O)(=O)NC(C)C(C)(C)CN(C)C)c(C)c1. The number of benzene rings is 1. The van der Waals surface area contributed by atoms with Gasteiger partial charge in [-0.25, -0.2) is 13.1 Å². The van der Waals surface area contributed by atoms with Gasteiger partial charge in [-0.05, 0) is 51.9 Å². The molecule has 5 heteroatoms. The van der Waals surface area contributed by atoms with Crippen LogP contribution < -0.4 is 4.72 Å². The maximum atomic E-state index is 12.6. The Bertz CT molecular complexity index is 592. The van der Waals surface area contributed by atoms with Crippen LogP contribution in [0.25, 0.3) is 0 Å². The lowest BCUT2D eigenvalue weighted by Gasteiger charge is -2.34. The highest BCUT2D eigenvalue weighted by Gasteiger charge is 2.30. The Labute approximate surface area is 129 Å². The summed E-state index contributed by atoms with van der Waals surface area (Å²) < 4.78 is 28.0. The van der Waals surface area contributed by atoms with Crippen LogP contribution in [0.1, 0.15) is 31.9 Å². The van der Waals surface area contributed by atoms with Gasteiger partial charge in [0.05, 0.1) is 4.90 Å². The zero-order valence-corrected chi connectivity index (χ0v) is 15.0. The van der Waals surface area contributed by atoms with Crippen LogP contribution in [0.4, 0.5) is 0 Å². The summed E-state index contributed by atoms with van der Waals surface area (Å²) in [5.74, 6) is 0. The van der Waals surface area contributed by atoms with Crippen LogP contribution in [0.2, 0.25) is 0 Å². The van der Waals surface area contributed by atoms with Crippen molar-refractivity contribution in [3.8, 4) is 0 Å². The van der Waals surface area contributed by atoms with Gasteiger partial charge in [-0.15, -0.1) is 0 Å². The molecule has 1 aromatic rings. The van der Waals surface area contributed by atoms with Crippen LogP contribution in [-0.2, 0) is 10.0 Å². The second kappa shape index (κ2) is 6.46. The van der Waals surface area contributed by atoms with Crippen molar-refractivity contribution in [1.82, 2.24) is 9.62 Å². The first kappa shape index (κ1) is 18.1. The van der Waals surface area contributed by atoms with E-state index in [1.165, 1.54) is 0 Å². The van der Waals surface area contributed by atoms with Crippen molar-refractivity contribution in [2.24, 2.45) is 5.41 Å². The van der Waals surface area contributed by atoms with Gasteiger partial charge in [-0.3, -0.25) is 0 Å². The van der Waals surface area contributed by atoms with E-state index in [2.05, 4.69) is 23.5 Å². The normalized spacial score (nSPS) is 14.5. The molecular formula is C16H28N2O2S. The molecule has 0 aromatic heterocycles. The highest BCUT2D eigenvalue weighted by atomic mass is 32.2. The minimum absolute atomic E-state index is 0.158. The molecule has 0 saturated carbocycles. The van der Waals surface area contributed by atoms with Crippen molar-refractivity contribution in [3.05, 3.63) is 29.3 Å². The van der Waals surface area contributed by atoms with Gasteiger partial charge in [0.2, 0.25) is 10.0 Å². The number of sulfonamides is 1. The summed E-state index contributed by atoms with van der Waals surface area (Å²) in [6.07, 6.45) is 0. The number of hydrogen-bond donors (Lipinski definition) is 1. The Kier molecular flexibility index (Phi) is 5.58. The molecule has 0 saturated heterocycles. The fraction of sp³-hybridized carbons (Fsp3) is 0.625. The lowest BCUT2D eigenvalue weighted by atomic mass is 9.85. The standard InChI is InChI=1S/C16H28N2O2S/c1-12-8-9-15(13(2)10-12)21(19,20)17-14(3)16(4,5)11-18(6)7/h8-10,14,17H,11H2,1-7H3. The van der Waals surface area contributed by atoms with Gasteiger partial charge in [0.1, 0.15) is 0 Å². The fourth-order valence-corrected chi connectivity index (χ4v) is 4.15. The van der Waals surface area contributed by atoms with Gasteiger partial charge in [0.25, 0.3) is 0 Å². The molecule has 0 fully saturated rings. The summed E-state index contributed by atoms with van der Waals surface area (Å²) in [4.78, 5) is 2.43. The molecule has 0 aliphatic heterocycles. The van der Waals surface area contributed by atoms with Crippen molar-refractivity contribution in [3.63, 3.8) is 0 Å². The Morgan fingerprint density at radius 2 is 1.81 bits per heavy atom. The molecule has 1 rings (SSSR count). The third kappa shape index (κ3) is 4.80. The number of rotatable bonds is 6.